The van der Waals surface area contributed by atoms with Crippen LogP contribution in [0.4, 0.5) is 0 Å². The van der Waals surface area contributed by atoms with Gasteiger partial charge < -0.3 is 5.11 Å². The van der Waals surface area contributed by atoms with Crippen LogP contribution < -0.4 is 5.84 Å². The summed E-state index contributed by atoms with van der Waals surface area (Å²) in [5, 5.41) is 11.2. The van der Waals surface area contributed by atoms with Crippen molar-refractivity contribution in [2.75, 3.05) is 13.1 Å². The van der Waals surface area contributed by atoms with Crippen molar-refractivity contribution in [1.82, 2.24) is 5.01 Å². The van der Waals surface area contributed by atoms with E-state index in [2.05, 4.69) is 0 Å². The van der Waals surface area contributed by atoms with Crippen molar-refractivity contribution in [1.29, 1.82) is 0 Å². The van der Waals surface area contributed by atoms with Crippen LogP contribution in [0.1, 0.15) is 20.3 Å². The van der Waals surface area contributed by atoms with Crippen molar-refractivity contribution in [2.24, 2.45) is 11.3 Å². The maximum absolute atomic E-state index is 9.47. The van der Waals surface area contributed by atoms with Crippen LogP contribution in [-0.4, -0.2) is 29.3 Å². The van der Waals surface area contributed by atoms with E-state index in [1.165, 1.54) is 0 Å². The van der Waals surface area contributed by atoms with Gasteiger partial charge in [-0.25, -0.2) is 5.01 Å². The number of rotatable bonds is 0. The number of piperidine rings is 1. The van der Waals surface area contributed by atoms with E-state index >= 15 is 0 Å². The summed E-state index contributed by atoms with van der Waals surface area (Å²) in [6.07, 6.45) is 0.607. The maximum Gasteiger partial charge on any atom is 0.0616 e. The minimum atomic E-state index is -0.188. The van der Waals surface area contributed by atoms with Crippen molar-refractivity contribution in [3.8, 4) is 0 Å². The Kier molecular flexibility index (Phi) is 1.99. The quantitative estimate of drug-likeness (QED) is 0.469. The van der Waals surface area contributed by atoms with E-state index in [1.807, 2.05) is 13.8 Å². The van der Waals surface area contributed by atoms with Crippen molar-refractivity contribution in [3.05, 3.63) is 0 Å². The molecule has 0 aromatic carbocycles. The molecule has 1 fully saturated rings. The number of aliphatic hydroxyl groups excluding tert-OH is 1. The number of aliphatic hydroxyl groups is 1. The molecular formula is C7H16N2O. The van der Waals surface area contributed by atoms with E-state index in [9.17, 15) is 5.11 Å². The standard InChI is InChI=1S/C7H16N2O/c1-7(2)5-9(8)4-3-6(7)10/h6,10H,3-5,8H2,1-2H3. The highest BCUT2D eigenvalue weighted by atomic mass is 16.3. The van der Waals surface area contributed by atoms with Crippen LogP contribution >= 0.6 is 0 Å². The summed E-state index contributed by atoms with van der Waals surface area (Å²) in [7, 11) is 0. The lowest BCUT2D eigenvalue weighted by atomic mass is 9.82. The Morgan fingerprint density at radius 2 is 2.20 bits per heavy atom. The van der Waals surface area contributed by atoms with Crippen LogP contribution in [-0.2, 0) is 0 Å². The molecule has 1 aliphatic heterocycles. The van der Waals surface area contributed by atoms with Gasteiger partial charge in [0, 0.05) is 18.5 Å². The zero-order chi connectivity index (χ0) is 7.78. The van der Waals surface area contributed by atoms with Gasteiger partial charge in [0.1, 0.15) is 0 Å². The summed E-state index contributed by atoms with van der Waals surface area (Å²) >= 11 is 0. The summed E-state index contributed by atoms with van der Waals surface area (Å²) in [4.78, 5) is 0. The second kappa shape index (κ2) is 2.49. The van der Waals surface area contributed by atoms with Gasteiger partial charge in [0.25, 0.3) is 0 Å². The van der Waals surface area contributed by atoms with Crippen LogP contribution in [0.25, 0.3) is 0 Å². The molecule has 1 aliphatic rings. The van der Waals surface area contributed by atoms with Gasteiger partial charge in [-0.2, -0.15) is 0 Å². The predicted molar refractivity (Wildman–Crippen MR) is 40.2 cm³/mol. The monoisotopic (exact) mass is 144 g/mol. The first kappa shape index (κ1) is 7.98. The van der Waals surface area contributed by atoms with E-state index in [-0.39, 0.29) is 11.5 Å². The highest BCUT2D eigenvalue weighted by Gasteiger charge is 2.33. The predicted octanol–water partition coefficient (Wildman–Crippen LogP) is -0.0471. The number of hydrazine groups is 1. The maximum atomic E-state index is 9.47. The average molecular weight is 144 g/mol. The largest absolute Gasteiger partial charge is 0.392 e. The van der Waals surface area contributed by atoms with E-state index in [1.54, 1.807) is 5.01 Å². The third-order valence-electron chi connectivity index (χ3n) is 2.20. The number of nitrogens with zero attached hydrogens (tertiary/aromatic N) is 1. The zero-order valence-electron chi connectivity index (χ0n) is 6.67. The summed E-state index contributed by atoms with van der Waals surface area (Å²) < 4.78 is 0. The Labute approximate surface area is 61.8 Å². The van der Waals surface area contributed by atoms with Gasteiger partial charge >= 0.3 is 0 Å². The molecule has 0 radical (unpaired) electrons. The molecule has 0 aliphatic carbocycles. The Balaban J connectivity index is 2.55. The molecule has 0 aromatic rings. The molecule has 1 atom stereocenters. The molecule has 0 bridgehead atoms. The van der Waals surface area contributed by atoms with Crippen molar-refractivity contribution in [2.45, 2.75) is 26.4 Å². The third-order valence-corrected chi connectivity index (χ3v) is 2.20. The fourth-order valence-corrected chi connectivity index (χ4v) is 1.39. The lowest BCUT2D eigenvalue weighted by Crippen LogP contribution is -2.51. The van der Waals surface area contributed by atoms with Crippen LogP contribution in [0.15, 0.2) is 0 Å². The Morgan fingerprint density at radius 1 is 1.60 bits per heavy atom. The number of hydrogen-bond acceptors (Lipinski definition) is 3. The first-order chi connectivity index (χ1) is 4.52. The van der Waals surface area contributed by atoms with Crippen LogP contribution in [0.5, 0.6) is 0 Å². The highest BCUT2D eigenvalue weighted by Crippen LogP contribution is 2.27. The Hall–Kier alpha value is -0.120. The molecule has 3 N–H and O–H groups in total. The van der Waals surface area contributed by atoms with E-state index < -0.39 is 0 Å². The Morgan fingerprint density at radius 3 is 2.60 bits per heavy atom. The van der Waals surface area contributed by atoms with Crippen molar-refractivity contribution in [3.63, 3.8) is 0 Å². The van der Waals surface area contributed by atoms with Crippen LogP contribution in [0.2, 0.25) is 0 Å². The molecule has 0 saturated carbocycles. The summed E-state index contributed by atoms with van der Waals surface area (Å²) in [5.74, 6) is 5.59. The number of hydrogen-bond donors (Lipinski definition) is 2. The Bertz CT molecular complexity index is 125. The molecule has 3 nitrogen and oxygen atoms in total. The van der Waals surface area contributed by atoms with Crippen molar-refractivity contribution < 1.29 is 5.11 Å². The zero-order valence-corrected chi connectivity index (χ0v) is 6.67. The topological polar surface area (TPSA) is 49.5 Å². The fourth-order valence-electron chi connectivity index (χ4n) is 1.39. The van der Waals surface area contributed by atoms with Gasteiger partial charge in [-0.05, 0) is 6.42 Å². The number of nitrogens with two attached hydrogens (primary N) is 1. The average Bonchev–Trinajstić information content (AvgIpc) is 1.78. The molecule has 60 valence electrons. The molecule has 0 amide bonds. The van der Waals surface area contributed by atoms with Crippen molar-refractivity contribution >= 4 is 0 Å². The molecular weight excluding hydrogens is 128 g/mol. The molecule has 10 heavy (non-hydrogen) atoms. The second-order valence-electron chi connectivity index (χ2n) is 3.76. The molecule has 0 aromatic heterocycles. The lowest BCUT2D eigenvalue weighted by molar-refractivity contribution is -0.0247. The van der Waals surface area contributed by atoms with Crippen LogP contribution in [0, 0.1) is 5.41 Å². The molecule has 1 unspecified atom stereocenters. The summed E-state index contributed by atoms with van der Waals surface area (Å²) in [6.45, 7) is 5.67. The molecule has 3 heteroatoms. The van der Waals surface area contributed by atoms with Gasteiger partial charge in [0.15, 0.2) is 0 Å². The normalized spacial score (nSPS) is 34.2. The highest BCUT2D eigenvalue weighted by molar-refractivity contribution is 4.84. The molecule has 0 spiro atoms. The molecule has 1 rings (SSSR count). The third kappa shape index (κ3) is 1.48. The first-order valence-corrected chi connectivity index (χ1v) is 3.70. The molecule has 1 heterocycles. The van der Waals surface area contributed by atoms with Gasteiger partial charge in [0.2, 0.25) is 0 Å². The smallest absolute Gasteiger partial charge is 0.0616 e. The molecule has 1 saturated heterocycles. The minimum absolute atomic E-state index is 0.0347. The second-order valence-corrected chi connectivity index (χ2v) is 3.76. The van der Waals surface area contributed by atoms with Gasteiger partial charge in [-0.1, -0.05) is 13.8 Å². The van der Waals surface area contributed by atoms with Gasteiger partial charge in [-0.3, -0.25) is 5.84 Å². The summed E-state index contributed by atoms with van der Waals surface area (Å²) in [6, 6.07) is 0. The fraction of sp³-hybridized carbons (Fsp3) is 1.00. The van der Waals surface area contributed by atoms with E-state index in [0.29, 0.717) is 0 Å². The lowest BCUT2D eigenvalue weighted by Gasteiger charge is -2.39. The van der Waals surface area contributed by atoms with E-state index in [4.69, 9.17) is 5.84 Å². The minimum Gasteiger partial charge on any atom is -0.392 e. The first-order valence-electron chi connectivity index (χ1n) is 3.70. The van der Waals surface area contributed by atoms with Crippen LogP contribution in [0.3, 0.4) is 0 Å². The van der Waals surface area contributed by atoms with Gasteiger partial charge in [0.05, 0.1) is 6.10 Å². The SMILES string of the molecule is CC1(C)CN(N)CCC1O. The van der Waals surface area contributed by atoms with Gasteiger partial charge in [-0.15, -0.1) is 0 Å². The van der Waals surface area contributed by atoms with E-state index in [0.717, 1.165) is 19.5 Å². The summed E-state index contributed by atoms with van der Waals surface area (Å²) in [5.41, 5.74) is -0.0347.